The molecule has 128 valence electrons. The fraction of sp³-hybridized carbons (Fsp3) is 0.105. The molecule has 0 saturated heterocycles. The zero-order chi connectivity index (χ0) is 17.8. The van der Waals surface area contributed by atoms with E-state index >= 15 is 0 Å². The van der Waals surface area contributed by atoms with Crippen LogP contribution in [0.5, 0.6) is 5.75 Å². The topological polar surface area (TPSA) is 88.4 Å². The van der Waals surface area contributed by atoms with Crippen molar-refractivity contribution < 1.29 is 4.74 Å². The normalized spacial score (nSPS) is 11.3. The van der Waals surface area contributed by atoms with Crippen LogP contribution in [0.25, 0.3) is 22.2 Å². The largest absolute Gasteiger partial charge is 0.496 e. The molecule has 0 aliphatic heterocycles. The number of hydrogen-bond donors (Lipinski definition) is 1. The number of hydrogen-bond acceptors (Lipinski definition) is 6. The van der Waals surface area contributed by atoms with E-state index in [4.69, 9.17) is 4.74 Å². The van der Waals surface area contributed by atoms with Gasteiger partial charge in [0.1, 0.15) is 5.75 Å². The van der Waals surface area contributed by atoms with Crippen molar-refractivity contribution in [3.8, 4) is 17.0 Å². The smallest absolute Gasteiger partial charge is 0.287 e. The van der Waals surface area contributed by atoms with Crippen molar-refractivity contribution in [1.29, 1.82) is 0 Å². The molecule has 26 heavy (non-hydrogen) atoms. The summed E-state index contributed by atoms with van der Waals surface area (Å²) in [6.45, 7) is 0.437. The van der Waals surface area contributed by atoms with Gasteiger partial charge in [0, 0.05) is 28.2 Å². The third-order valence-corrected chi connectivity index (χ3v) is 4.01. The number of fused-ring (bicyclic) bond motifs is 1. The Morgan fingerprint density at radius 1 is 1.08 bits per heavy atom. The number of para-hydroxylation sites is 2. The zero-order valence-corrected chi connectivity index (χ0v) is 14.1. The number of methoxy groups -OCH3 is 1. The summed E-state index contributed by atoms with van der Waals surface area (Å²) in [4.78, 5) is 7.63. The highest BCUT2D eigenvalue weighted by Crippen LogP contribution is 2.28. The van der Waals surface area contributed by atoms with Gasteiger partial charge in [-0.1, -0.05) is 30.3 Å². The fourth-order valence-corrected chi connectivity index (χ4v) is 2.76. The van der Waals surface area contributed by atoms with Crippen LogP contribution in [0, 0.1) is 0 Å². The summed E-state index contributed by atoms with van der Waals surface area (Å²) in [6, 6.07) is 15.7. The summed E-state index contributed by atoms with van der Waals surface area (Å²) < 4.78 is 5.36. The molecule has 7 nitrogen and oxygen atoms in total. The second kappa shape index (κ2) is 7.10. The third kappa shape index (κ3) is 3.14. The van der Waals surface area contributed by atoms with Gasteiger partial charge in [0.05, 0.1) is 25.5 Å². The lowest BCUT2D eigenvalue weighted by Gasteiger charge is -2.06. The van der Waals surface area contributed by atoms with Gasteiger partial charge in [0.25, 0.3) is 5.95 Å². The van der Waals surface area contributed by atoms with Gasteiger partial charge in [-0.25, -0.2) is 4.98 Å². The van der Waals surface area contributed by atoms with E-state index in [9.17, 15) is 0 Å². The highest BCUT2D eigenvalue weighted by Gasteiger charge is 2.08. The third-order valence-electron chi connectivity index (χ3n) is 4.01. The first-order chi connectivity index (χ1) is 12.8. The number of benzene rings is 2. The van der Waals surface area contributed by atoms with Gasteiger partial charge >= 0.3 is 0 Å². The number of rotatable bonds is 5. The maximum absolute atomic E-state index is 5.36. The molecule has 0 atom stereocenters. The maximum Gasteiger partial charge on any atom is 0.287 e. The average molecular weight is 344 g/mol. The van der Waals surface area contributed by atoms with Gasteiger partial charge in [0.2, 0.25) is 0 Å². The lowest BCUT2D eigenvalue weighted by molar-refractivity contribution is 0.416. The molecule has 2 heterocycles. The van der Waals surface area contributed by atoms with Crippen LogP contribution in [0.15, 0.2) is 71.2 Å². The second-order valence-electron chi connectivity index (χ2n) is 5.60. The predicted molar refractivity (Wildman–Crippen MR) is 98.3 cm³/mol. The highest BCUT2D eigenvalue weighted by molar-refractivity contribution is 5.82. The number of nitrogens with zero attached hydrogens (tertiary/aromatic N) is 5. The molecule has 0 saturated carbocycles. The molecular formula is C19H16N6O. The Bertz CT molecular complexity index is 1070. The Morgan fingerprint density at radius 2 is 1.92 bits per heavy atom. The van der Waals surface area contributed by atoms with E-state index in [1.165, 1.54) is 0 Å². The van der Waals surface area contributed by atoms with Crippen molar-refractivity contribution >= 4 is 16.9 Å². The zero-order valence-electron chi connectivity index (χ0n) is 14.1. The molecule has 0 fully saturated rings. The van der Waals surface area contributed by atoms with Crippen molar-refractivity contribution in [2.75, 3.05) is 7.11 Å². The molecule has 0 aliphatic carbocycles. The van der Waals surface area contributed by atoms with Gasteiger partial charge in [0.15, 0.2) is 0 Å². The van der Waals surface area contributed by atoms with E-state index in [0.29, 0.717) is 12.2 Å². The van der Waals surface area contributed by atoms with Crippen molar-refractivity contribution in [2.45, 2.75) is 6.54 Å². The van der Waals surface area contributed by atoms with Crippen LogP contribution in [0.2, 0.25) is 0 Å². The molecule has 0 amide bonds. The van der Waals surface area contributed by atoms with Gasteiger partial charge < -0.3 is 9.72 Å². The van der Waals surface area contributed by atoms with Crippen LogP contribution < -0.4 is 4.74 Å². The van der Waals surface area contributed by atoms with E-state index in [0.717, 1.165) is 27.8 Å². The summed E-state index contributed by atoms with van der Waals surface area (Å²) >= 11 is 0. The molecular weight excluding hydrogens is 328 g/mol. The Morgan fingerprint density at radius 3 is 2.85 bits per heavy atom. The monoisotopic (exact) mass is 344 g/mol. The minimum Gasteiger partial charge on any atom is -0.496 e. The molecule has 0 unspecified atom stereocenters. The second-order valence-corrected chi connectivity index (χ2v) is 5.60. The quantitative estimate of drug-likeness (QED) is 0.546. The molecule has 4 rings (SSSR count). The van der Waals surface area contributed by atoms with E-state index in [-0.39, 0.29) is 5.95 Å². The van der Waals surface area contributed by atoms with Crippen molar-refractivity contribution in [1.82, 2.24) is 20.2 Å². The standard InChI is InChI=1S/C19H16N6O/c1-26-18-9-5-3-7-15(18)17-12-22-25-19(23-17)24-21-11-13-10-20-16-8-4-2-6-14(13)16/h2-10,12,20H,11H2,1H3. The van der Waals surface area contributed by atoms with Gasteiger partial charge in [-0.15, -0.1) is 10.2 Å². The SMILES string of the molecule is COc1ccccc1-c1cnnc(N=NCc2c[nH]c3ccccc23)n1. The lowest BCUT2D eigenvalue weighted by atomic mass is 10.1. The summed E-state index contributed by atoms with van der Waals surface area (Å²) in [5, 5.41) is 17.4. The van der Waals surface area contributed by atoms with Crippen LogP contribution in [0.1, 0.15) is 5.56 Å². The van der Waals surface area contributed by atoms with E-state index in [2.05, 4.69) is 36.5 Å². The summed E-state index contributed by atoms with van der Waals surface area (Å²) in [5.41, 5.74) is 3.61. The number of nitrogens with one attached hydrogen (secondary N) is 1. The Labute approximate surface area is 149 Å². The summed E-state index contributed by atoms with van der Waals surface area (Å²) in [7, 11) is 1.62. The Balaban J connectivity index is 1.56. The van der Waals surface area contributed by atoms with Crippen LogP contribution in [-0.2, 0) is 6.54 Å². The van der Waals surface area contributed by atoms with Crippen molar-refractivity contribution in [3.63, 3.8) is 0 Å². The molecule has 0 aliphatic rings. The molecule has 2 aromatic heterocycles. The Hall–Kier alpha value is -3.61. The minimum absolute atomic E-state index is 0.216. The van der Waals surface area contributed by atoms with Crippen LogP contribution in [-0.4, -0.2) is 27.3 Å². The Kier molecular flexibility index (Phi) is 4.34. The molecule has 0 spiro atoms. The van der Waals surface area contributed by atoms with Crippen LogP contribution in [0.4, 0.5) is 5.95 Å². The van der Waals surface area contributed by atoms with Gasteiger partial charge in [-0.3, -0.25) is 0 Å². The number of aromatic nitrogens is 4. The number of H-pyrrole nitrogens is 1. The molecule has 0 bridgehead atoms. The van der Waals surface area contributed by atoms with Crippen LogP contribution >= 0.6 is 0 Å². The minimum atomic E-state index is 0.216. The summed E-state index contributed by atoms with van der Waals surface area (Å²) in [6.07, 6.45) is 3.52. The van der Waals surface area contributed by atoms with Crippen LogP contribution in [0.3, 0.4) is 0 Å². The molecule has 7 heteroatoms. The average Bonchev–Trinajstić information content (AvgIpc) is 3.11. The number of azo groups is 1. The first-order valence-electron chi connectivity index (χ1n) is 8.11. The maximum atomic E-state index is 5.36. The van der Waals surface area contributed by atoms with Gasteiger partial charge in [-0.05, 0) is 18.2 Å². The van der Waals surface area contributed by atoms with Crippen molar-refractivity contribution in [3.05, 3.63) is 66.5 Å². The molecule has 1 N–H and O–H groups in total. The number of aromatic amines is 1. The van der Waals surface area contributed by atoms with Crippen molar-refractivity contribution in [2.24, 2.45) is 10.2 Å². The lowest BCUT2D eigenvalue weighted by Crippen LogP contribution is -1.93. The molecule has 4 aromatic rings. The summed E-state index contributed by atoms with van der Waals surface area (Å²) in [5.74, 6) is 0.933. The van der Waals surface area contributed by atoms with Gasteiger partial charge in [-0.2, -0.15) is 10.2 Å². The molecule has 2 aromatic carbocycles. The van der Waals surface area contributed by atoms with E-state index < -0.39 is 0 Å². The van der Waals surface area contributed by atoms with E-state index in [1.807, 2.05) is 48.7 Å². The van der Waals surface area contributed by atoms with E-state index in [1.54, 1.807) is 13.3 Å². The first-order valence-corrected chi connectivity index (χ1v) is 8.11. The molecule has 0 radical (unpaired) electrons. The first kappa shape index (κ1) is 15.9. The number of ether oxygens (including phenoxy) is 1. The fourth-order valence-electron chi connectivity index (χ4n) is 2.76. The predicted octanol–water partition coefficient (Wildman–Crippen LogP) is 4.31. The highest BCUT2D eigenvalue weighted by atomic mass is 16.5.